The van der Waals surface area contributed by atoms with Gasteiger partial charge in [0.25, 0.3) is 10.1 Å². The van der Waals surface area contributed by atoms with E-state index < -0.39 is 10.1 Å². The van der Waals surface area contributed by atoms with Crippen LogP contribution in [-0.2, 0) is 14.3 Å². The van der Waals surface area contributed by atoms with E-state index in [1.807, 2.05) is 0 Å². The minimum Gasteiger partial charge on any atom is -0.344 e. The first kappa shape index (κ1) is 15.3. The molecule has 0 aliphatic rings. The van der Waals surface area contributed by atoms with E-state index in [1.54, 1.807) is 0 Å². The Hall–Kier alpha value is -0.130. The highest BCUT2D eigenvalue weighted by atomic mass is 32.2. The molecule has 1 atom stereocenters. The summed E-state index contributed by atoms with van der Waals surface area (Å²) in [6.45, 7) is 4.16. The second-order valence-corrected chi connectivity index (χ2v) is 4.97. The molecule has 0 bridgehead atoms. The summed E-state index contributed by atoms with van der Waals surface area (Å²) in [4.78, 5) is 0. The molecule has 0 saturated carbocycles. The van der Waals surface area contributed by atoms with Gasteiger partial charge in [-0.3, -0.25) is 4.18 Å². The van der Waals surface area contributed by atoms with Crippen molar-refractivity contribution >= 4 is 10.1 Å². The summed E-state index contributed by atoms with van der Waals surface area (Å²) in [5, 5.41) is 0. The lowest BCUT2D eigenvalue weighted by Gasteiger charge is -2.08. The van der Waals surface area contributed by atoms with Gasteiger partial charge < -0.3 is 6.15 Å². The Morgan fingerprint density at radius 3 is 2.23 bits per heavy atom. The molecule has 0 aromatic rings. The van der Waals surface area contributed by atoms with Crippen molar-refractivity contribution in [3.05, 3.63) is 0 Å². The second-order valence-electron chi connectivity index (χ2n) is 3.11. The Kier molecular flexibility index (Phi) is 8.61. The van der Waals surface area contributed by atoms with Crippen molar-refractivity contribution < 1.29 is 12.6 Å². The third-order valence-electron chi connectivity index (χ3n) is 1.90. The topological polar surface area (TPSA) is 78.4 Å². The van der Waals surface area contributed by atoms with Crippen LogP contribution in [0, 0.1) is 5.92 Å². The first-order chi connectivity index (χ1) is 5.52. The smallest absolute Gasteiger partial charge is 0.267 e. The van der Waals surface area contributed by atoms with E-state index in [0.717, 1.165) is 12.8 Å². The molecule has 0 aliphatic heterocycles. The maximum Gasteiger partial charge on any atom is 0.267 e. The van der Waals surface area contributed by atoms with Crippen LogP contribution in [0.5, 0.6) is 0 Å². The van der Waals surface area contributed by atoms with Crippen molar-refractivity contribution in [2.75, 3.05) is 12.9 Å². The van der Waals surface area contributed by atoms with Gasteiger partial charge in [-0.05, 0) is 12.3 Å². The molecule has 0 radical (unpaired) electrons. The molecule has 0 rings (SSSR count). The highest BCUT2D eigenvalue weighted by molar-refractivity contribution is 7.86. The summed E-state index contributed by atoms with van der Waals surface area (Å²) in [7, 11) is -2.02. The van der Waals surface area contributed by atoms with Gasteiger partial charge in [-0.1, -0.05) is 26.7 Å². The molecular formula is C8H21NO3S. The fraction of sp³-hybridized carbons (Fsp3) is 1.00. The van der Waals surface area contributed by atoms with E-state index in [2.05, 4.69) is 18.0 Å². The minimum absolute atomic E-state index is 0. The quantitative estimate of drug-likeness (QED) is 0.681. The average Bonchev–Trinajstić information content (AvgIpc) is 2.02. The highest BCUT2D eigenvalue weighted by Crippen LogP contribution is 2.11. The lowest BCUT2D eigenvalue weighted by atomic mass is 10.0. The van der Waals surface area contributed by atoms with Crippen LogP contribution in [0.3, 0.4) is 0 Å². The number of hydrogen-bond acceptors (Lipinski definition) is 4. The van der Waals surface area contributed by atoms with Gasteiger partial charge in [-0.25, -0.2) is 0 Å². The van der Waals surface area contributed by atoms with Gasteiger partial charge in [0.05, 0.1) is 12.9 Å². The van der Waals surface area contributed by atoms with Gasteiger partial charge in [0.2, 0.25) is 0 Å². The van der Waals surface area contributed by atoms with Crippen molar-refractivity contribution in [1.29, 1.82) is 0 Å². The van der Waals surface area contributed by atoms with Crippen LogP contribution in [0.1, 0.15) is 33.1 Å². The van der Waals surface area contributed by atoms with Gasteiger partial charge >= 0.3 is 0 Å². The summed E-state index contributed by atoms with van der Waals surface area (Å²) in [5.41, 5.74) is 0. The molecule has 0 amide bonds. The predicted molar refractivity (Wildman–Crippen MR) is 54.5 cm³/mol. The normalized spacial score (nSPS) is 13.5. The zero-order chi connectivity index (χ0) is 9.61. The lowest BCUT2D eigenvalue weighted by Crippen LogP contribution is -2.10. The Bertz CT molecular complexity index is 201. The molecule has 0 aromatic heterocycles. The number of hydrogen-bond donors (Lipinski definition) is 1. The molecule has 3 N–H and O–H groups in total. The van der Waals surface area contributed by atoms with Crippen LogP contribution in [0.2, 0.25) is 0 Å². The fourth-order valence-corrected chi connectivity index (χ4v) is 1.92. The van der Waals surface area contributed by atoms with Gasteiger partial charge in [-0.2, -0.15) is 8.42 Å². The SMILES string of the molecule is CCCC(C)CCS(=O)(=O)OC.N. The predicted octanol–water partition coefficient (Wildman–Crippen LogP) is 1.95. The maximum absolute atomic E-state index is 10.9. The summed E-state index contributed by atoms with van der Waals surface area (Å²) >= 11 is 0. The molecule has 82 valence electrons. The Morgan fingerprint density at radius 2 is 1.85 bits per heavy atom. The highest BCUT2D eigenvalue weighted by Gasteiger charge is 2.10. The molecule has 0 heterocycles. The molecular weight excluding hydrogens is 190 g/mol. The van der Waals surface area contributed by atoms with E-state index in [-0.39, 0.29) is 11.9 Å². The average molecular weight is 211 g/mol. The molecule has 0 saturated heterocycles. The molecule has 4 nitrogen and oxygen atoms in total. The van der Waals surface area contributed by atoms with Crippen molar-refractivity contribution in [2.24, 2.45) is 5.92 Å². The summed E-state index contributed by atoms with van der Waals surface area (Å²) < 4.78 is 26.1. The summed E-state index contributed by atoms with van der Waals surface area (Å²) in [5.74, 6) is 0.616. The van der Waals surface area contributed by atoms with Gasteiger partial charge in [-0.15, -0.1) is 0 Å². The Labute approximate surface area is 81.4 Å². The molecule has 0 aliphatic carbocycles. The monoisotopic (exact) mass is 211 g/mol. The molecule has 1 unspecified atom stereocenters. The van der Waals surface area contributed by atoms with Crippen molar-refractivity contribution in [1.82, 2.24) is 6.15 Å². The van der Waals surface area contributed by atoms with E-state index in [4.69, 9.17) is 0 Å². The summed E-state index contributed by atoms with van der Waals surface area (Å²) in [6, 6.07) is 0. The fourth-order valence-electron chi connectivity index (χ4n) is 1.07. The maximum atomic E-state index is 10.9. The van der Waals surface area contributed by atoms with Crippen LogP contribution in [0.15, 0.2) is 0 Å². The third kappa shape index (κ3) is 8.21. The molecule has 0 aromatic carbocycles. The Balaban J connectivity index is 0. The zero-order valence-electron chi connectivity index (χ0n) is 8.75. The largest absolute Gasteiger partial charge is 0.344 e. The minimum atomic E-state index is -3.23. The second kappa shape index (κ2) is 7.29. The van der Waals surface area contributed by atoms with E-state index in [0.29, 0.717) is 12.3 Å². The van der Waals surface area contributed by atoms with Gasteiger partial charge in [0.1, 0.15) is 0 Å². The van der Waals surface area contributed by atoms with Crippen LogP contribution >= 0.6 is 0 Å². The van der Waals surface area contributed by atoms with Crippen LogP contribution in [-0.4, -0.2) is 21.3 Å². The molecule has 13 heavy (non-hydrogen) atoms. The van der Waals surface area contributed by atoms with Crippen molar-refractivity contribution in [2.45, 2.75) is 33.1 Å². The van der Waals surface area contributed by atoms with Gasteiger partial charge in [0.15, 0.2) is 0 Å². The number of rotatable bonds is 6. The van der Waals surface area contributed by atoms with Crippen molar-refractivity contribution in [3.8, 4) is 0 Å². The summed E-state index contributed by atoms with van der Waals surface area (Å²) in [6.07, 6.45) is 2.89. The Morgan fingerprint density at radius 1 is 1.31 bits per heavy atom. The zero-order valence-corrected chi connectivity index (χ0v) is 9.56. The lowest BCUT2D eigenvalue weighted by molar-refractivity contribution is 0.391. The molecule has 0 spiro atoms. The van der Waals surface area contributed by atoms with Crippen LogP contribution in [0.25, 0.3) is 0 Å². The standard InChI is InChI=1S/C8H18O3S.H3N/c1-4-5-8(2)6-7-12(9,10)11-3;/h8H,4-7H2,1-3H3;1H3. The third-order valence-corrected chi connectivity index (χ3v) is 3.14. The van der Waals surface area contributed by atoms with E-state index >= 15 is 0 Å². The molecule has 5 heteroatoms. The first-order valence-corrected chi connectivity index (χ1v) is 5.88. The van der Waals surface area contributed by atoms with Crippen LogP contribution in [0.4, 0.5) is 0 Å². The molecule has 0 fully saturated rings. The van der Waals surface area contributed by atoms with Crippen LogP contribution < -0.4 is 6.15 Å². The first-order valence-electron chi connectivity index (χ1n) is 4.30. The van der Waals surface area contributed by atoms with Crippen molar-refractivity contribution in [3.63, 3.8) is 0 Å². The van der Waals surface area contributed by atoms with E-state index in [1.165, 1.54) is 7.11 Å². The van der Waals surface area contributed by atoms with Gasteiger partial charge in [0, 0.05) is 0 Å². The van der Waals surface area contributed by atoms with E-state index in [9.17, 15) is 8.42 Å².